The summed E-state index contributed by atoms with van der Waals surface area (Å²) in [6, 6.07) is 8.60. The third-order valence-electron chi connectivity index (χ3n) is 3.49. The molecular formula is C17H16Cl3NO4S. The van der Waals surface area contributed by atoms with Crippen molar-refractivity contribution in [1.82, 2.24) is 0 Å². The molecule has 9 heteroatoms. The lowest BCUT2D eigenvalue weighted by Crippen LogP contribution is -2.36. The van der Waals surface area contributed by atoms with Gasteiger partial charge in [0, 0.05) is 5.02 Å². The van der Waals surface area contributed by atoms with Gasteiger partial charge in [-0.3, -0.25) is 9.10 Å². The van der Waals surface area contributed by atoms with Gasteiger partial charge in [0.2, 0.25) is 0 Å². The van der Waals surface area contributed by atoms with E-state index < -0.39 is 22.5 Å². The Kier molecular flexibility index (Phi) is 6.80. The second kappa shape index (κ2) is 8.48. The fourth-order valence-corrected chi connectivity index (χ4v) is 4.10. The summed E-state index contributed by atoms with van der Waals surface area (Å²) in [5.41, 5.74) is 0.952. The van der Waals surface area contributed by atoms with Crippen LogP contribution in [-0.2, 0) is 19.6 Å². The Hall–Kier alpha value is -1.47. The summed E-state index contributed by atoms with van der Waals surface area (Å²) in [6.45, 7) is 3.03. The quantitative estimate of drug-likeness (QED) is 0.615. The number of anilines is 1. The molecule has 0 radical (unpaired) electrons. The van der Waals surface area contributed by atoms with E-state index >= 15 is 0 Å². The van der Waals surface area contributed by atoms with Gasteiger partial charge in [0.15, 0.2) is 0 Å². The van der Waals surface area contributed by atoms with Crippen LogP contribution < -0.4 is 4.31 Å². The zero-order valence-electron chi connectivity index (χ0n) is 14.0. The molecule has 5 nitrogen and oxygen atoms in total. The summed E-state index contributed by atoms with van der Waals surface area (Å²) in [4.78, 5) is 11.9. The molecule has 0 saturated carbocycles. The van der Waals surface area contributed by atoms with Crippen LogP contribution >= 0.6 is 34.8 Å². The molecule has 2 rings (SSSR count). The van der Waals surface area contributed by atoms with Gasteiger partial charge in [0.25, 0.3) is 10.0 Å². The van der Waals surface area contributed by atoms with Crippen molar-refractivity contribution in [3.63, 3.8) is 0 Å². The topological polar surface area (TPSA) is 63.7 Å². The number of carbonyl (C=O) groups excluding carboxylic acids is 1. The number of hydrogen-bond acceptors (Lipinski definition) is 4. The molecule has 140 valence electrons. The molecule has 0 fully saturated rings. The van der Waals surface area contributed by atoms with Crippen LogP contribution in [0.5, 0.6) is 0 Å². The first-order valence-corrected chi connectivity index (χ1v) is 10.1. The van der Waals surface area contributed by atoms with E-state index in [1.54, 1.807) is 26.0 Å². The summed E-state index contributed by atoms with van der Waals surface area (Å²) in [5.74, 6) is -0.677. The number of hydrogen-bond donors (Lipinski definition) is 0. The molecule has 0 heterocycles. The molecule has 0 atom stereocenters. The van der Waals surface area contributed by atoms with Gasteiger partial charge in [-0.25, -0.2) is 8.42 Å². The maximum absolute atomic E-state index is 13.1. The molecule has 2 aromatic rings. The summed E-state index contributed by atoms with van der Waals surface area (Å²) >= 11 is 17.8. The van der Waals surface area contributed by atoms with Crippen LogP contribution in [0.25, 0.3) is 0 Å². The van der Waals surface area contributed by atoms with Gasteiger partial charge in [-0.05, 0) is 55.8 Å². The Morgan fingerprint density at radius 1 is 1.04 bits per heavy atom. The molecule has 0 spiro atoms. The van der Waals surface area contributed by atoms with Crippen molar-refractivity contribution < 1.29 is 17.9 Å². The minimum absolute atomic E-state index is 0.0936. The van der Waals surface area contributed by atoms with Crippen LogP contribution in [0, 0.1) is 6.92 Å². The first kappa shape index (κ1) is 20.8. The minimum Gasteiger partial charge on any atom is -0.465 e. The number of esters is 1. The van der Waals surface area contributed by atoms with Gasteiger partial charge in [-0.2, -0.15) is 0 Å². The second-order valence-corrected chi connectivity index (χ2v) is 8.41. The van der Waals surface area contributed by atoms with Crippen molar-refractivity contribution in [2.45, 2.75) is 18.7 Å². The van der Waals surface area contributed by atoms with Crippen molar-refractivity contribution in [2.75, 3.05) is 17.5 Å². The first-order chi connectivity index (χ1) is 12.2. The Labute approximate surface area is 167 Å². The molecule has 26 heavy (non-hydrogen) atoms. The van der Waals surface area contributed by atoms with Gasteiger partial charge in [-0.1, -0.05) is 34.8 Å². The smallest absolute Gasteiger partial charge is 0.326 e. The highest BCUT2D eigenvalue weighted by Gasteiger charge is 2.28. The van der Waals surface area contributed by atoms with E-state index in [0.29, 0.717) is 10.6 Å². The summed E-state index contributed by atoms with van der Waals surface area (Å²) in [6.07, 6.45) is 0. The molecule has 0 aliphatic rings. The number of rotatable bonds is 6. The van der Waals surface area contributed by atoms with Crippen LogP contribution in [-0.4, -0.2) is 27.5 Å². The number of benzene rings is 2. The third-order valence-corrected chi connectivity index (χ3v) is 6.42. The largest absolute Gasteiger partial charge is 0.465 e. The third kappa shape index (κ3) is 4.62. The molecule has 0 bridgehead atoms. The molecule has 0 aromatic heterocycles. The predicted octanol–water partition coefficient (Wildman–Crippen LogP) is 4.71. The van der Waals surface area contributed by atoms with E-state index in [1.165, 1.54) is 24.3 Å². The fourth-order valence-electron chi connectivity index (χ4n) is 2.19. The molecule has 0 amide bonds. The zero-order chi connectivity index (χ0) is 19.5. The van der Waals surface area contributed by atoms with Crippen molar-refractivity contribution in [2.24, 2.45) is 0 Å². The lowest BCUT2D eigenvalue weighted by atomic mass is 10.2. The van der Waals surface area contributed by atoms with Gasteiger partial charge < -0.3 is 4.74 Å². The van der Waals surface area contributed by atoms with Crippen LogP contribution in [0.1, 0.15) is 12.5 Å². The Balaban J connectivity index is 2.55. The number of aryl methyl sites for hydroxylation is 1. The van der Waals surface area contributed by atoms with Gasteiger partial charge in [0.05, 0.1) is 27.2 Å². The Morgan fingerprint density at radius 3 is 2.27 bits per heavy atom. The molecule has 0 aliphatic carbocycles. The van der Waals surface area contributed by atoms with Crippen LogP contribution in [0.4, 0.5) is 5.69 Å². The molecular weight excluding hydrogens is 421 g/mol. The van der Waals surface area contributed by atoms with Crippen LogP contribution in [0.2, 0.25) is 15.1 Å². The Morgan fingerprint density at radius 2 is 1.69 bits per heavy atom. The van der Waals surface area contributed by atoms with Crippen molar-refractivity contribution in [3.8, 4) is 0 Å². The first-order valence-electron chi connectivity index (χ1n) is 7.56. The fraction of sp³-hybridized carbons (Fsp3) is 0.235. The second-order valence-electron chi connectivity index (χ2n) is 5.33. The maximum Gasteiger partial charge on any atom is 0.326 e. The Bertz CT molecular complexity index is 932. The SMILES string of the molecule is CCOC(=O)CN(c1ccc(Cl)c(C)c1)S(=O)(=O)c1ccc(Cl)c(Cl)c1. The highest BCUT2D eigenvalue weighted by atomic mass is 35.5. The summed E-state index contributed by atoms with van der Waals surface area (Å²) in [5, 5.41) is 0.803. The zero-order valence-corrected chi connectivity index (χ0v) is 17.1. The highest BCUT2D eigenvalue weighted by molar-refractivity contribution is 7.92. The van der Waals surface area contributed by atoms with E-state index in [0.717, 1.165) is 4.31 Å². The lowest BCUT2D eigenvalue weighted by Gasteiger charge is -2.24. The van der Waals surface area contributed by atoms with E-state index in [-0.39, 0.29) is 27.2 Å². The van der Waals surface area contributed by atoms with Gasteiger partial charge >= 0.3 is 5.97 Å². The molecule has 0 saturated heterocycles. The standard InChI is InChI=1S/C17H16Cl3NO4S/c1-3-25-17(22)10-21(12-4-6-14(18)11(2)8-12)26(23,24)13-5-7-15(19)16(20)9-13/h4-9H,3,10H2,1-2H3. The molecule has 0 unspecified atom stereocenters. The average Bonchev–Trinajstić information content (AvgIpc) is 2.58. The normalized spacial score (nSPS) is 11.3. The summed E-state index contributed by atoms with van der Waals surface area (Å²) in [7, 11) is -4.09. The maximum atomic E-state index is 13.1. The molecule has 2 aromatic carbocycles. The number of ether oxygens (including phenoxy) is 1. The predicted molar refractivity (Wildman–Crippen MR) is 104 cm³/mol. The van der Waals surface area contributed by atoms with E-state index in [4.69, 9.17) is 39.5 Å². The van der Waals surface area contributed by atoms with Crippen LogP contribution in [0.3, 0.4) is 0 Å². The van der Waals surface area contributed by atoms with Crippen molar-refractivity contribution >= 4 is 56.5 Å². The number of nitrogens with zero attached hydrogens (tertiary/aromatic N) is 1. The van der Waals surface area contributed by atoms with E-state index in [1.807, 2.05) is 0 Å². The number of halogens is 3. The van der Waals surface area contributed by atoms with Crippen molar-refractivity contribution in [3.05, 3.63) is 57.0 Å². The number of sulfonamides is 1. The van der Waals surface area contributed by atoms with Gasteiger partial charge in [-0.15, -0.1) is 0 Å². The van der Waals surface area contributed by atoms with E-state index in [2.05, 4.69) is 0 Å². The van der Waals surface area contributed by atoms with E-state index in [9.17, 15) is 13.2 Å². The summed E-state index contributed by atoms with van der Waals surface area (Å²) < 4.78 is 32.1. The molecule has 0 aliphatic heterocycles. The lowest BCUT2D eigenvalue weighted by molar-refractivity contribution is -0.141. The average molecular weight is 437 g/mol. The highest BCUT2D eigenvalue weighted by Crippen LogP contribution is 2.30. The minimum atomic E-state index is -4.09. The monoisotopic (exact) mass is 435 g/mol. The molecule has 0 N–H and O–H groups in total. The van der Waals surface area contributed by atoms with Crippen LogP contribution in [0.15, 0.2) is 41.3 Å². The van der Waals surface area contributed by atoms with Gasteiger partial charge in [0.1, 0.15) is 6.54 Å². The van der Waals surface area contributed by atoms with Crippen molar-refractivity contribution in [1.29, 1.82) is 0 Å². The number of carbonyl (C=O) groups is 1.